The van der Waals surface area contributed by atoms with Crippen LogP contribution >= 0.6 is 11.8 Å². The van der Waals surface area contributed by atoms with E-state index in [4.69, 9.17) is 0 Å². The van der Waals surface area contributed by atoms with Gasteiger partial charge in [-0.3, -0.25) is 9.98 Å². The van der Waals surface area contributed by atoms with E-state index in [2.05, 4.69) is 16.9 Å². The van der Waals surface area contributed by atoms with Gasteiger partial charge in [-0.2, -0.15) is 13.2 Å². The lowest BCUT2D eigenvalue weighted by Crippen LogP contribution is -2.06. The average Bonchev–Trinajstić information content (AvgIpc) is 2.90. The number of benzene rings is 1. The number of aliphatic imine (C=N–C) groups is 1. The Bertz CT molecular complexity index is 738. The summed E-state index contributed by atoms with van der Waals surface area (Å²) in [6.07, 6.45) is -3.05. The van der Waals surface area contributed by atoms with Crippen LogP contribution in [0.3, 0.4) is 0 Å². The zero-order valence-electron chi connectivity index (χ0n) is 11.8. The van der Waals surface area contributed by atoms with Gasteiger partial charge in [-0.15, -0.1) is 11.8 Å². The number of rotatable bonds is 3. The Hall–Kier alpha value is -1.82. The van der Waals surface area contributed by atoms with Crippen molar-refractivity contribution in [1.82, 2.24) is 4.98 Å². The minimum atomic E-state index is -4.39. The molecule has 0 bridgehead atoms. The highest BCUT2D eigenvalue weighted by molar-refractivity contribution is 7.99. The number of nitrogens with zero attached hydrogens (tertiary/aromatic N) is 2. The number of aromatic nitrogens is 1. The van der Waals surface area contributed by atoms with E-state index in [1.54, 1.807) is 11.8 Å². The molecule has 1 aliphatic heterocycles. The van der Waals surface area contributed by atoms with E-state index in [1.165, 1.54) is 0 Å². The fraction of sp³-hybridized carbons (Fsp3) is 0.250. The van der Waals surface area contributed by atoms with Crippen LogP contribution in [0.15, 0.2) is 46.4 Å². The second kappa shape index (κ2) is 5.76. The maximum absolute atomic E-state index is 12.7. The molecule has 2 nitrogen and oxygen atoms in total. The number of alkyl halides is 3. The normalized spacial score (nSPS) is 13.9. The predicted octanol–water partition coefficient (Wildman–Crippen LogP) is 4.89. The summed E-state index contributed by atoms with van der Waals surface area (Å²) >= 11 is 1.69. The zero-order chi connectivity index (χ0) is 15.7. The minimum absolute atomic E-state index is 0.320. The molecule has 1 aliphatic rings. The van der Waals surface area contributed by atoms with E-state index in [0.717, 1.165) is 34.2 Å². The summed E-state index contributed by atoms with van der Waals surface area (Å²) in [6, 6.07) is 8.89. The number of hydrogen-bond donors (Lipinski definition) is 0. The van der Waals surface area contributed by atoms with Crippen LogP contribution in [-0.4, -0.2) is 16.4 Å². The molecular weight excluding hydrogens is 309 g/mol. The molecule has 0 fully saturated rings. The molecule has 0 unspecified atom stereocenters. The molecule has 2 aromatic rings. The Kier molecular flexibility index (Phi) is 3.95. The molecule has 0 radical (unpaired) electrons. The molecule has 0 N–H and O–H groups in total. The molecule has 0 saturated carbocycles. The van der Waals surface area contributed by atoms with Crippen LogP contribution in [-0.2, 0) is 12.6 Å². The Morgan fingerprint density at radius 3 is 2.73 bits per heavy atom. The average molecular weight is 322 g/mol. The van der Waals surface area contributed by atoms with Crippen LogP contribution in [0, 0.1) is 0 Å². The van der Waals surface area contributed by atoms with Crippen molar-refractivity contribution in [1.29, 1.82) is 0 Å². The first-order valence-corrected chi connectivity index (χ1v) is 7.83. The number of halogens is 3. The molecule has 2 heterocycles. The smallest absolute Gasteiger partial charge is 0.258 e. The summed E-state index contributed by atoms with van der Waals surface area (Å²) < 4.78 is 38.2. The largest absolute Gasteiger partial charge is 0.417 e. The van der Waals surface area contributed by atoms with Crippen molar-refractivity contribution in [3.05, 3.63) is 53.3 Å². The summed E-state index contributed by atoms with van der Waals surface area (Å²) in [6.45, 7) is 2.06. The van der Waals surface area contributed by atoms with E-state index >= 15 is 0 Å². The van der Waals surface area contributed by atoms with Gasteiger partial charge in [-0.1, -0.05) is 25.1 Å². The number of thioether (sulfide) groups is 1. The van der Waals surface area contributed by atoms with Crippen molar-refractivity contribution in [2.24, 2.45) is 4.99 Å². The van der Waals surface area contributed by atoms with Crippen LogP contribution in [0.1, 0.15) is 23.7 Å². The first-order chi connectivity index (χ1) is 10.5. The molecule has 1 aromatic heterocycles. The van der Waals surface area contributed by atoms with Crippen molar-refractivity contribution in [2.75, 3.05) is 5.75 Å². The maximum Gasteiger partial charge on any atom is 0.417 e. The molecule has 6 heteroatoms. The van der Waals surface area contributed by atoms with E-state index < -0.39 is 11.7 Å². The molecule has 0 saturated heterocycles. The van der Waals surface area contributed by atoms with Crippen molar-refractivity contribution in [3.63, 3.8) is 0 Å². The number of pyridine rings is 1. The van der Waals surface area contributed by atoms with Gasteiger partial charge in [0.25, 0.3) is 0 Å². The van der Waals surface area contributed by atoms with Crippen molar-refractivity contribution >= 4 is 23.2 Å². The highest BCUT2D eigenvalue weighted by Crippen LogP contribution is 2.36. The van der Waals surface area contributed by atoms with E-state index in [-0.39, 0.29) is 0 Å². The summed E-state index contributed by atoms with van der Waals surface area (Å²) in [5.74, 6) is 0.924. The Morgan fingerprint density at radius 1 is 1.23 bits per heavy atom. The number of hydrogen-bond acceptors (Lipinski definition) is 3. The lowest BCUT2D eigenvalue weighted by Gasteiger charge is -2.07. The SMILES string of the molecule is CCSc1ccccc1C1=Nc2cc(C(F)(F)F)cnc2C1. The van der Waals surface area contributed by atoms with Gasteiger partial charge in [0.15, 0.2) is 0 Å². The highest BCUT2D eigenvalue weighted by atomic mass is 32.2. The first-order valence-electron chi connectivity index (χ1n) is 6.85. The minimum Gasteiger partial charge on any atom is -0.258 e. The molecule has 1 aromatic carbocycles. The lowest BCUT2D eigenvalue weighted by atomic mass is 10.1. The highest BCUT2D eigenvalue weighted by Gasteiger charge is 2.32. The molecule has 114 valence electrons. The van der Waals surface area contributed by atoms with Gasteiger partial charge in [0.1, 0.15) is 0 Å². The fourth-order valence-electron chi connectivity index (χ4n) is 2.35. The molecule has 0 amide bonds. The fourth-order valence-corrected chi connectivity index (χ4v) is 3.18. The molecular formula is C16H13F3N2S. The Labute approximate surface area is 130 Å². The van der Waals surface area contributed by atoms with Gasteiger partial charge in [0.05, 0.1) is 22.7 Å². The van der Waals surface area contributed by atoms with Crippen LogP contribution in [0.5, 0.6) is 0 Å². The lowest BCUT2D eigenvalue weighted by molar-refractivity contribution is -0.137. The number of fused-ring (bicyclic) bond motifs is 1. The van der Waals surface area contributed by atoms with E-state index in [1.807, 2.05) is 24.3 Å². The third kappa shape index (κ3) is 2.88. The monoisotopic (exact) mass is 322 g/mol. The molecule has 22 heavy (non-hydrogen) atoms. The van der Waals surface area contributed by atoms with Crippen LogP contribution in [0.4, 0.5) is 18.9 Å². The molecule has 0 aliphatic carbocycles. The predicted molar refractivity (Wildman–Crippen MR) is 82.0 cm³/mol. The van der Waals surface area contributed by atoms with Crippen molar-refractivity contribution in [3.8, 4) is 0 Å². The van der Waals surface area contributed by atoms with Gasteiger partial charge >= 0.3 is 6.18 Å². The van der Waals surface area contributed by atoms with Gasteiger partial charge in [-0.25, -0.2) is 0 Å². The van der Waals surface area contributed by atoms with Crippen molar-refractivity contribution in [2.45, 2.75) is 24.4 Å². The first kappa shape index (κ1) is 15.1. The van der Waals surface area contributed by atoms with Gasteiger partial charge in [0, 0.05) is 23.1 Å². The Morgan fingerprint density at radius 2 is 2.00 bits per heavy atom. The summed E-state index contributed by atoms with van der Waals surface area (Å²) in [7, 11) is 0. The van der Waals surface area contributed by atoms with Gasteiger partial charge in [0.2, 0.25) is 0 Å². The maximum atomic E-state index is 12.7. The van der Waals surface area contributed by atoms with E-state index in [9.17, 15) is 13.2 Å². The van der Waals surface area contributed by atoms with E-state index in [0.29, 0.717) is 17.8 Å². The van der Waals surface area contributed by atoms with Crippen molar-refractivity contribution < 1.29 is 13.2 Å². The third-order valence-corrected chi connectivity index (χ3v) is 4.32. The van der Waals surface area contributed by atoms with Crippen LogP contribution in [0.25, 0.3) is 0 Å². The van der Waals surface area contributed by atoms with Gasteiger partial charge < -0.3 is 0 Å². The summed E-state index contributed by atoms with van der Waals surface area (Å²) in [5, 5.41) is 0. The van der Waals surface area contributed by atoms with Crippen LogP contribution < -0.4 is 0 Å². The molecule has 0 spiro atoms. The van der Waals surface area contributed by atoms with Gasteiger partial charge in [-0.05, 0) is 17.9 Å². The van der Waals surface area contributed by atoms with Crippen LogP contribution in [0.2, 0.25) is 0 Å². The quantitative estimate of drug-likeness (QED) is 0.752. The summed E-state index contributed by atoms with van der Waals surface area (Å²) in [5.41, 5.74) is 1.91. The topological polar surface area (TPSA) is 25.2 Å². The summed E-state index contributed by atoms with van der Waals surface area (Å²) in [4.78, 5) is 9.41. The molecule has 0 atom stereocenters. The zero-order valence-corrected chi connectivity index (χ0v) is 12.6. The second-order valence-electron chi connectivity index (χ2n) is 4.85. The third-order valence-electron chi connectivity index (χ3n) is 3.36. The standard InChI is InChI=1S/C16H13F3N2S/c1-2-22-15-6-4-3-5-11(15)12-8-13-14(21-12)7-10(9-20-13)16(17,18)19/h3-7,9H,2,8H2,1H3. The second-order valence-corrected chi connectivity index (χ2v) is 6.16. The Balaban J connectivity index is 1.98. The molecule has 3 rings (SSSR count).